The number of ether oxygens (including phenoxy) is 1. The monoisotopic (exact) mass is 313 g/mol. The summed E-state index contributed by atoms with van der Waals surface area (Å²) in [6.45, 7) is 1.99. The van der Waals surface area contributed by atoms with Gasteiger partial charge in [-0.2, -0.15) is 0 Å². The molecule has 20 heavy (non-hydrogen) atoms. The third-order valence-corrected chi connectivity index (χ3v) is 3.51. The first-order valence-electron chi connectivity index (χ1n) is 6.06. The van der Waals surface area contributed by atoms with Crippen LogP contribution in [0.15, 0.2) is 36.4 Å². The molecule has 106 valence electrons. The van der Waals surface area contributed by atoms with Gasteiger partial charge in [0.2, 0.25) is 0 Å². The molecule has 0 bridgehead atoms. The van der Waals surface area contributed by atoms with Gasteiger partial charge in [-0.15, -0.1) is 0 Å². The molecule has 2 aromatic carbocycles. The van der Waals surface area contributed by atoms with Gasteiger partial charge in [0, 0.05) is 11.7 Å². The third kappa shape index (κ3) is 3.35. The molecule has 0 aliphatic heterocycles. The first kappa shape index (κ1) is 14.9. The van der Waals surface area contributed by atoms with Gasteiger partial charge in [0.05, 0.1) is 17.2 Å². The minimum absolute atomic E-state index is 0.00200. The van der Waals surface area contributed by atoms with E-state index in [1.54, 1.807) is 7.11 Å². The van der Waals surface area contributed by atoms with E-state index in [1.165, 1.54) is 12.1 Å². The summed E-state index contributed by atoms with van der Waals surface area (Å²) in [5, 5.41) is 3.22. The van der Waals surface area contributed by atoms with Crippen molar-refractivity contribution in [3.8, 4) is 5.75 Å². The summed E-state index contributed by atoms with van der Waals surface area (Å²) in [6.07, 6.45) is 0. The highest BCUT2D eigenvalue weighted by atomic mass is 35.5. The number of hydrogen-bond donors (Lipinski definition) is 1. The zero-order valence-corrected chi connectivity index (χ0v) is 12.6. The molecule has 0 heterocycles. The molecule has 2 nitrogen and oxygen atoms in total. The van der Waals surface area contributed by atoms with Gasteiger partial charge in [-0.3, -0.25) is 0 Å². The summed E-state index contributed by atoms with van der Waals surface area (Å²) in [5.74, 6) is 0.180. The number of benzene rings is 2. The van der Waals surface area contributed by atoms with Crippen molar-refractivity contribution in [1.82, 2.24) is 0 Å². The third-order valence-electron chi connectivity index (χ3n) is 2.96. The lowest BCUT2D eigenvalue weighted by molar-refractivity contribution is 0.414. The first-order valence-corrected chi connectivity index (χ1v) is 6.82. The van der Waals surface area contributed by atoms with Crippen molar-refractivity contribution >= 4 is 28.9 Å². The smallest absolute Gasteiger partial charge is 0.160 e. The molecule has 0 radical (unpaired) electrons. The van der Waals surface area contributed by atoms with Gasteiger partial charge >= 0.3 is 0 Å². The molecule has 2 aromatic rings. The van der Waals surface area contributed by atoms with Gasteiger partial charge in [-0.25, -0.2) is 4.39 Å². The van der Waals surface area contributed by atoms with Crippen molar-refractivity contribution < 1.29 is 9.13 Å². The summed E-state index contributed by atoms with van der Waals surface area (Å²) in [5.41, 5.74) is 1.71. The maximum absolute atomic E-state index is 13.4. The maximum Gasteiger partial charge on any atom is 0.160 e. The molecule has 5 heteroatoms. The summed E-state index contributed by atoms with van der Waals surface area (Å²) in [7, 11) is 1.62. The fraction of sp³-hybridized carbons (Fsp3) is 0.200. The minimum Gasteiger partial charge on any atom is -0.497 e. The number of methoxy groups -OCH3 is 1. The molecule has 1 unspecified atom stereocenters. The standard InChI is InChI=1S/C15H14Cl2FNO/c1-9(10-4-3-5-12(6-10)20-2)19-11-7-13(16)15(18)14(17)8-11/h3-9,19H,1-2H3. The van der Waals surface area contributed by atoms with Crippen molar-refractivity contribution in [2.75, 3.05) is 12.4 Å². The number of hydrogen-bond acceptors (Lipinski definition) is 2. The van der Waals surface area contributed by atoms with E-state index in [0.29, 0.717) is 5.69 Å². The number of anilines is 1. The van der Waals surface area contributed by atoms with Crippen LogP contribution >= 0.6 is 23.2 Å². The van der Waals surface area contributed by atoms with Gasteiger partial charge < -0.3 is 10.1 Å². The molecule has 0 aliphatic rings. The first-order chi connectivity index (χ1) is 9.51. The predicted octanol–water partition coefficient (Wildman–Crippen LogP) is 5.31. The molecule has 0 fully saturated rings. The van der Waals surface area contributed by atoms with E-state index in [4.69, 9.17) is 27.9 Å². The van der Waals surface area contributed by atoms with Crippen molar-refractivity contribution in [3.63, 3.8) is 0 Å². The normalized spacial score (nSPS) is 12.1. The Morgan fingerprint density at radius 3 is 2.40 bits per heavy atom. The van der Waals surface area contributed by atoms with E-state index < -0.39 is 5.82 Å². The molecule has 1 atom stereocenters. The Morgan fingerprint density at radius 1 is 1.15 bits per heavy atom. The Kier molecular flexibility index (Phi) is 4.73. The average molecular weight is 314 g/mol. The summed E-state index contributed by atoms with van der Waals surface area (Å²) in [4.78, 5) is 0. The van der Waals surface area contributed by atoms with Crippen molar-refractivity contribution in [2.45, 2.75) is 13.0 Å². The Bertz CT molecular complexity index is 596. The van der Waals surface area contributed by atoms with Crippen LogP contribution in [0.25, 0.3) is 0 Å². The van der Waals surface area contributed by atoms with Crippen LogP contribution < -0.4 is 10.1 Å². The molecule has 0 spiro atoms. The molecule has 0 amide bonds. The van der Waals surface area contributed by atoms with Gasteiger partial charge in [-0.1, -0.05) is 35.3 Å². The second-order valence-electron chi connectivity index (χ2n) is 4.40. The highest BCUT2D eigenvalue weighted by molar-refractivity contribution is 6.35. The zero-order chi connectivity index (χ0) is 14.7. The number of halogens is 3. The lowest BCUT2D eigenvalue weighted by Crippen LogP contribution is -2.07. The fourth-order valence-electron chi connectivity index (χ4n) is 1.88. The second-order valence-corrected chi connectivity index (χ2v) is 5.21. The van der Waals surface area contributed by atoms with Gasteiger partial charge in [0.25, 0.3) is 0 Å². The number of nitrogens with one attached hydrogen (secondary N) is 1. The van der Waals surface area contributed by atoms with Crippen LogP contribution in [0.4, 0.5) is 10.1 Å². The van der Waals surface area contributed by atoms with Crippen molar-refractivity contribution in [2.24, 2.45) is 0 Å². The Morgan fingerprint density at radius 2 is 1.80 bits per heavy atom. The predicted molar refractivity (Wildman–Crippen MR) is 81.5 cm³/mol. The van der Waals surface area contributed by atoms with E-state index in [-0.39, 0.29) is 16.1 Å². The Balaban J connectivity index is 2.20. The number of rotatable bonds is 4. The fourth-order valence-corrected chi connectivity index (χ4v) is 2.37. The molecule has 0 aliphatic carbocycles. The van der Waals surface area contributed by atoms with Crippen LogP contribution in [0, 0.1) is 5.82 Å². The highest BCUT2D eigenvalue weighted by Crippen LogP contribution is 2.30. The van der Waals surface area contributed by atoms with Crippen LogP contribution in [0.3, 0.4) is 0 Å². The quantitative estimate of drug-likeness (QED) is 0.772. The zero-order valence-electron chi connectivity index (χ0n) is 11.1. The molecular weight excluding hydrogens is 300 g/mol. The van der Waals surface area contributed by atoms with E-state index in [0.717, 1.165) is 11.3 Å². The van der Waals surface area contributed by atoms with Crippen molar-refractivity contribution in [3.05, 3.63) is 57.8 Å². The maximum atomic E-state index is 13.4. The van der Waals surface area contributed by atoms with E-state index >= 15 is 0 Å². The topological polar surface area (TPSA) is 21.3 Å². The molecule has 0 aromatic heterocycles. The Hall–Kier alpha value is -1.45. The van der Waals surface area contributed by atoms with Crippen molar-refractivity contribution in [1.29, 1.82) is 0 Å². The molecule has 0 saturated carbocycles. The van der Waals surface area contributed by atoms with Crippen LogP contribution in [0.2, 0.25) is 10.0 Å². The SMILES string of the molecule is COc1cccc(C(C)Nc2cc(Cl)c(F)c(Cl)c2)c1. The molecular formula is C15H14Cl2FNO. The lowest BCUT2D eigenvalue weighted by atomic mass is 10.1. The second kappa shape index (κ2) is 6.33. The minimum atomic E-state index is -0.604. The van der Waals surface area contributed by atoms with E-state index in [9.17, 15) is 4.39 Å². The van der Waals surface area contributed by atoms with Gasteiger partial charge in [0.15, 0.2) is 5.82 Å². The van der Waals surface area contributed by atoms with Crippen LogP contribution in [0.5, 0.6) is 5.75 Å². The van der Waals surface area contributed by atoms with Gasteiger partial charge in [0.1, 0.15) is 5.75 Å². The average Bonchev–Trinajstić information content (AvgIpc) is 2.44. The van der Waals surface area contributed by atoms with Crippen LogP contribution in [-0.2, 0) is 0 Å². The molecule has 2 rings (SSSR count). The molecule has 0 saturated heterocycles. The Labute approximate surface area is 127 Å². The van der Waals surface area contributed by atoms with Crippen LogP contribution in [0.1, 0.15) is 18.5 Å². The summed E-state index contributed by atoms with van der Waals surface area (Å²) < 4.78 is 18.6. The largest absolute Gasteiger partial charge is 0.497 e. The van der Waals surface area contributed by atoms with Crippen LogP contribution in [-0.4, -0.2) is 7.11 Å². The summed E-state index contributed by atoms with van der Waals surface area (Å²) >= 11 is 11.6. The summed E-state index contributed by atoms with van der Waals surface area (Å²) in [6, 6.07) is 10.7. The highest BCUT2D eigenvalue weighted by Gasteiger charge is 2.11. The van der Waals surface area contributed by atoms with E-state index in [2.05, 4.69) is 5.32 Å². The van der Waals surface area contributed by atoms with E-state index in [1.807, 2.05) is 31.2 Å². The van der Waals surface area contributed by atoms with Gasteiger partial charge in [-0.05, 0) is 36.8 Å². The lowest BCUT2D eigenvalue weighted by Gasteiger charge is -2.17. The molecule has 1 N–H and O–H groups in total.